The van der Waals surface area contributed by atoms with Gasteiger partial charge >= 0.3 is 0 Å². The number of ether oxygens (including phenoxy) is 1. The molecule has 0 N–H and O–H groups in total. The van der Waals surface area contributed by atoms with Crippen LogP contribution in [0.25, 0.3) is 5.69 Å². The van der Waals surface area contributed by atoms with E-state index in [0.717, 1.165) is 5.56 Å². The number of halogens is 2. The minimum Gasteiger partial charge on any atom is -0.370 e. The molecule has 1 aliphatic heterocycles. The first kappa shape index (κ1) is 17.6. The van der Waals surface area contributed by atoms with Gasteiger partial charge < -0.3 is 9.64 Å². The summed E-state index contributed by atoms with van der Waals surface area (Å²) < 4.78 is 20.3. The number of carbonyl (C=O) groups excluding carboxylic acids is 1. The second-order valence-electron chi connectivity index (χ2n) is 6.14. The zero-order valence-corrected chi connectivity index (χ0v) is 15.0. The Hall–Kier alpha value is -2.77. The minimum absolute atomic E-state index is 0.213. The van der Waals surface area contributed by atoms with Crippen LogP contribution < -0.4 is 0 Å². The largest absolute Gasteiger partial charge is 0.370 e. The van der Waals surface area contributed by atoms with Crippen molar-refractivity contribution in [2.45, 2.75) is 6.10 Å². The van der Waals surface area contributed by atoms with Gasteiger partial charge in [0, 0.05) is 6.54 Å². The third-order valence-electron chi connectivity index (χ3n) is 4.44. The summed E-state index contributed by atoms with van der Waals surface area (Å²) in [6.45, 7) is 1.20. The van der Waals surface area contributed by atoms with Crippen molar-refractivity contribution in [2.75, 3.05) is 19.7 Å². The molecule has 2 heterocycles. The highest BCUT2D eigenvalue weighted by Gasteiger charge is 2.28. The van der Waals surface area contributed by atoms with E-state index >= 15 is 0 Å². The van der Waals surface area contributed by atoms with E-state index in [9.17, 15) is 9.18 Å². The van der Waals surface area contributed by atoms with Gasteiger partial charge in [0.1, 0.15) is 11.9 Å². The number of nitrogens with zero attached hydrogens (tertiary/aromatic N) is 4. The van der Waals surface area contributed by atoms with Crippen LogP contribution in [0, 0.1) is 5.82 Å². The van der Waals surface area contributed by atoms with Gasteiger partial charge in [-0.2, -0.15) is 0 Å². The zero-order valence-electron chi connectivity index (χ0n) is 14.3. The number of rotatable bonds is 3. The van der Waals surface area contributed by atoms with Gasteiger partial charge in [-0.15, -0.1) is 5.10 Å². The van der Waals surface area contributed by atoms with Crippen LogP contribution in [0.1, 0.15) is 22.2 Å². The first-order valence-electron chi connectivity index (χ1n) is 8.45. The van der Waals surface area contributed by atoms with Gasteiger partial charge in [0.15, 0.2) is 5.69 Å². The first-order valence-corrected chi connectivity index (χ1v) is 8.83. The molecule has 6 nitrogen and oxygen atoms in total. The quantitative estimate of drug-likeness (QED) is 0.693. The number of morpholine rings is 1. The SMILES string of the molecule is O=C(c1cnnn1-c1ccccc1Cl)N1CCOC(c2ccc(F)cc2)C1. The van der Waals surface area contributed by atoms with Crippen molar-refractivity contribution < 1.29 is 13.9 Å². The summed E-state index contributed by atoms with van der Waals surface area (Å²) in [5.74, 6) is -0.521. The van der Waals surface area contributed by atoms with Crippen LogP contribution in [0.15, 0.2) is 54.7 Å². The summed E-state index contributed by atoms with van der Waals surface area (Å²) in [7, 11) is 0. The zero-order chi connectivity index (χ0) is 18.8. The molecule has 1 aromatic heterocycles. The van der Waals surface area contributed by atoms with Gasteiger partial charge in [0.05, 0.1) is 30.1 Å². The van der Waals surface area contributed by atoms with E-state index in [1.807, 2.05) is 6.07 Å². The van der Waals surface area contributed by atoms with Crippen LogP contribution in [0.2, 0.25) is 5.02 Å². The van der Waals surface area contributed by atoms with E-state index in [1.54, 1.807) is 35.2 Å². The van der Waals surface area contributed by atoms with E-state index < -0.39 is 0 Å². The molecule has 3 aromatic rings. The highest BCUT2D eigenvalue weighted by atomic mass is 35.5. The van der Waals surface area contributed by atoms with Crippen molar-refractivity contribution in [1.82, 2.24) is 19.9 Å². The Balaban J connectivity index is 1.58. The van der Waals surface area contributed by atoms with E-state index in [-0.39, 0.29) is 17.8 Å². The van der Waals surface area contributed by atoms with Crippen LogP contribution in [0.3, 0.4) is 0 Å². The number of amides is 1. The lowest BCUT2D eigenvalue weighted by Crippen LogP contribution is -2.42. The molecule has 0 aliphatic carbocycles. The van der Waals surface area contributed by atoms with Crippen molar-refractivity contribution >= 4 is 17.5 Å². The van der Waals surface area contributed by atoms with E-state index in [1.165, 1.54) is 23.0 Å². The molecule has 2 aromatic carbocycles. The van der Waals surface area contributed by atoms with Crippen LogP contribution in [-0.2, 0) is 4.74 Å². The molecule has 1 atom stereocenters. The number of hydrogen-bond donors (Lipinski definition) is 0. The van der Waals surface area contributed by atoms with Gasteiger partial charge in [0.2, 0.25) is 0 Å². The Morgan fingerprint density at radius 2 is 1.96 bits per heavy atom. The second kappa shape index (κ2) is 7.46. The van der Waals surface area contributed by atoms with E-state index in [2.05, 4.69) is 10.3 Å². The molecule has 27 heavy (non-hydrogen) atoms. The number of para-hydroxylation sites is 1. The fourth-order valence-electron chi connectivity index (χ4n) is 3.06. The number of benzene rings is 2. The van der Waals surface area contributed by atoms with Crippen molar-refractivity contribution in [3.8, 4) is 5.69 Å². The Kier molecular flexibility index (Phi) is 4.87. The summed E-state index contributed by atoms with van der Waals surface area (Å²) in [5, 5.41) is 8.36. The normalized spacial score (nSPS) is 17.1. The molecule has 8 heteroatoms. The Labute approximate surface area is 160 Å². The first-order chi connectivity index (χ1) is 13.1. The third kappa shape index (κ3) is 3.56. The summed E-state index contributed by atoms with van der Waals surface area (Å²) in [6.07, 6.45) is 1.11. The predicted octanol–water partition coefficient (Wildman–Crippen LogP) is 3.27. The molecule has 0 radical (unpaired) electrons. The van der Waals surface area contributed by atoms with Crippen molar-refractivity contribution in [3.63, 3.8) is 0 Å². The number of carbonyl (C=O) groups is 1. The van der Waals surface area contributed by atoms with Crippen LogP contribution in [0.4, 0.5) is 4.39 Å². The smallest absolute Gasteiger partial charge is 0.274 e. The van der Waals surface area contributed by atoms with Crippen molar-refractivity contribution in [3.05, 3.63) is 76.8 Å². The molecular weight excluding hydrogens is 371 g/mol. The summed E-state index contributed by atoms with van der Waals surface area (Å²) in [4.78, 5) is 14.7. The molecule has 1 unspecified atom stereocenters. The Morgan fingerprint density at radius 3 is 2.74 bits per heavy atom. The molecule has 1 aliphatic rings. The monoisotopic (exact) mass is 386 g/mol. The van der Waals surface area contributed by atoms with Gasteiger partial charge in [-0.05, 0) is 29.8 Å². The standard InChI is InChI=1S/C19H16ClFN4O2/c20-15-3-1-2-4-16(15)25-17(11-22-23-25)19(26)24-9-10-27-18(12-24)13-5-7-14(21)8-6-13/h1-8,11,18H,9-10,12H2. The molecule has 0 spiro atoms. The average molecular weight is 387 g/mol. The number of aromatic nitrogens is 3. The highest BCUT2D eigenvalue weighted by molar-refractivity contribution is 6.32. The molecular formula is C19H16ClFN4O2. The summed E-state index contributed by atoms with van der Waals surface area (Å²) in [5.41, 5.74) is 1.73. The van der Waals surface area contributed by atoms with Gasteiger partial charge in [-0.3, -0.25) is 4.79 Å². The molecule has 0 bridgehead atoms. The second-order valence-corrected chi connectivity index (χ2v) is 6.55. The average Bonchev–Trinajstić information content (AvgIpc) is 3.18. The molecule has 138 valence electrons. The molecule has 0 saturated carbocycles. The fraction of sp³-hybridized carbons (Fsp3) is 0.211. The summed E-state index contributed by atoms with van der Waals surface area (Å²) >= 11 is 6.23. The van der Waals surface area contributed by atoms with Crippen molar-refractivity contribution in [2.24, 2.45) is 0 Å². The molecule has 4 rings (SSSR count). The topological polar surface area (TPSA) is 60.2 Å². The maximum Gasteiger partial charge on any atom is 0.274 e. The summed E-state index contributed by atoms with van der Waals surface area (Å²) in [6, 6.07) is 13.2. The van der Waals surface area contributed by atoms with Crippen LogP contribution >= 0.6 is 11.6 Å². The van der Waals surface area contributed by atoms with E-state index in [0.29, 0.717) is 36.1 Å². The predicted molar refractivity (Wildman–Crippen MR) is 97.4 cm³/mol. The molecule has 1 fully saturated rings. The maximum absolute atomic E-state index is 13.2. The Bertz CT molecular complexity index is 960. The van der Waals surface area contributed by atoms with Crippen LogP contribution in [0.5, 0.6) is 0 Å². The van der Waals surface area contributed by atoms with E-state index in [4.69, 9.17) is 16.3 Å². The van der Waals surface area contributed by atoms with Crippen LogP contribution in [-0.4, -0.2) is 45.5 Å². The molecule has 1 amide bonds. The maximum atomic E-state index is 13.2. The minimum atomic E-state index is -0.312. The lowest BCUT2D eigenvalue weighted by molar-refractivity contribution is -0.0231. The number of hydrogen-bond acceptors (Lipinski definition) is 4. The highest BCUT2D eigenvalue weighted by Crippen LogP contribution is 2.25. The van der Waals surface area contributed by atoms with Gasteiger partial charge in [-0.25, -0.2) is 9.07 Å². The third-order valence-corrected chi connectivity index (χ3v) is 4.76. The van der Waals surface area contributed by atoms with Gasteiger partial charge in [0.25, 0.3) is 5.91 Å². The fourth-order valence-corrected chi connectivity index (χ4v) is 3.27. The lowest BCUT2D eigenvalue weighted by atomic mass is 10.1. The van der Waals surface area contributed by atoms with Gasteiger partial charge in [-0.1, -0.05) is 41.1 Å². The lowest BCUT2D eigenvalue weighted by Gasteiger charge is -2.33. The Morgan fingerprint density at radius 1 is 1.19 bits per heavy atom. The van der Waals surface area contributed by atoms with Crippen molar-refractivity contribution in [1.29, 1.82) is 0 Å². The molecule has 1 saturated heterocycles.